The van der Waals surface area contributed by atoms with Crippen LogP contribution >= 0.6 is 0 Å². The van der Waals surface area contributed by atoms with Crippen molar-refractivity contribution < 1.29 is 24.5 Å². The Kier molecular flexibility index (Phi) is 60.5. The molecule has 0 aliphatic heterocycles. The monoisotopic (exact) mass is 1010 g/mol. The molecule has 0 saturated heterocycles. The van der Waals surface area contributed by atoms with Gasteiger partial charge in [-0.15, -0.1) is 0 Å². The molecule has 0 spiro atoms. The molecule has 72 heavy (non-hydrogen) atoms. The minimum atomic E-state index is -0.677. The van der Waals surface area contributed by atoms with E-state index in [1.807, 2.05) is 0 Å². The quantitative estimate of drug-likeness (QED) is 0.0320. The van der Waals surface area contributed by atoms with Crippen molar-refractivity contribution in [3.63, 3.8) is 0 Å². The molecule has 0 radical (unpaired) electrons. The van der Waals surface area contributed by atoms with Gasteiger partial charge < -0.3 is 20.3 Å². The number of carbonyl (C=O) groups excluding carboxylic acids is 2. The van der Waals surface area contributed by atoms with Crippen molar-refractivity contribution in [2.45, 2.75) is 373 Å². The summed E-state index contributed by atoms with van der Waals surface area (Å²) in [5, 5.41) is 23.4. The van der Waals surface area contributed by atoms with E-state index in [1.165, 1.54) is 263 Å². The zero-order valence-electron chi connectivity index (χ0n) is 48.7. The highest BCUT2D eigenvalue weighted by Gasteiger charge is 2.20. The Labute approximate surface area is 450 Å². The third-order valence-electron chi connectivity index (χ3n) is 15.3. The number of allylic oxidation sites excluding steroid dienone is 4. The van der Waals surface area contributed by atoms with Gasteiger partial charge in [-0.2, -0.15) is 0 Å². The van der Waals surface area contributed by atoms with Crippen LogP contribution in [0.1, 0.15) is 361 Å². The molecule has 3 N–H and O–H groups in total. The number of carbonyl (C=O) groups is 2. The standard InChI is InChI=1S/C66H127NO5/c1-3-5-7-9-11-13-15-17-19-21-23-24-25-26-27-28-29-30-32-34-38-42-46-50-54-58-64(69)63(62-68)67-65(70)59-55-51-47-43-39-36-37-41-45-49-53-57-61-72-66(71)60-56-52-48-44-40-35-33-31-22-20-18-16-14-12-10-8-6-4-2/h14,16,20,22,63-64,68-69H,3-13,15,17-19,21,23-62H2,1-2H3,(H,67,70)/b16-14-,22-20-. The van der Waals surface area contributed by atoms with Crippen molar-refractivity contribution >= 4 is 11.9 Å². The summed E-state index contributed by atoms with van der Waals surface area (Å²) >= 11 is 0. The largest absolute Gasteiger partial charge is 0.466 e. The van der Waals surface area contributed by atoms with Crippen LogP contribution in [0.25, 0.3) is 0 Å². The van der Waals surface area contributed by atoms with Crippen LogP contribution in [0.15, 0.2) is 24.3 Å². The first-order valence-electron chi connectivity index (χ1n) is 32.6. The normalized spacial score (nSPS) is 12.7. The molecule has 0 aromatic carbocycles. The van der Waals surface area contributed by atoms with Crippen LogP contribution in [0.5, 0.6) is 0 Å². The summed E-state index contributed by atoms with van der Waals surface area (Å²) in [7, 11) is 0. The molecule has 2 unspecified atom stereocenters. The second kappa shape index (κ2) is 61.9. The molecule has 0 aliphatic carbocycles. The van der Waals surface area contributed by atoms with E-state index < -0.39 is 12.1 Å². The van der Waals surface area contributed by atoms with E-state index in [1.54, 1.807) is 0 Å². The maximum Gasteiger partial charge on any atom is 0.305 e. The molecule has 6 nitrogen and oxygen atoms in total. The van der Waals surface area contributed by atoms with E-state index in [0.29, 0.717) is 25.9 Å². The smallest absolute Gasteiger partial charge is 0.305 e. The zero-order valence-corrected chi connectivity index (χ0v) is 48.7. The number of amides is 1. The van der Waals surface area contributed by atoms with Crippen LogP contribution in [0.2, 0.25) is 0 Å². The molecule has 0 rings (SSSR count). The Morgan fingerprint density at radius 1 is 0.389 bits per heavy atom. The van der Waals surface area contributed by atoms with Gasteiger partial charge in [0.25, 0.3) is 0 Å². The molecule has 2 atom stereocenters. The molecule has 0 bridgehead atoms. The third-order valence-corrected chi connectivity index (χ3v) is 15.3. The van der Waals surface area contributed by atoms with E-state index in [9.17, 15) is 19.8 Å². The van der Waals surface area contributed by atoms with Gasteiger partial charge in [0.2, 0.25) is 5.91 Å². The van der Waals surface area contributed by atoms with E-state index in [4.69, 9.17) is 4.74 Å². The van der Waals surface area contributed by atoms with Gasteiger partial charge in [-0.05, 0) is 57.8 Å². The maximum atomic E-state index is 12.5. The molecular formula is C66H127NO5. The lowest BCUT2D eigenvalue weighted by molar-refractivity contribution is -0.143. The van der Waals surface area contributed by atoms with Crippen LogP contribution in [0, 0.1) is 0 Å². The molecule has 1 amide bonds. The number of esters is 1. The Morgan fingerprint density at radius 2 is 0.694 bits per heavy atom. The second-order valence-electron chi connectivity index (χ2n) is 22.5. The highest BCUT2D eigenvalue weighted by Crippen LogP contribution is 2.18. The maximum absolute atomic E-state index is 12.5. The summed E-state index contributed by atoms with van der Waals surface area (Å²) in [6, 6.07) is -0.555. The van der Waals surface area contributed by atoms with Crippen molar-refractivity contribution in [1.82, 2.24) is 5.32 Å². The molecule has 0 aliphatic rings. The number of aliphatic hydroxyl groups excluding tert-OH is 2. The van der Waals surface area contributed by atoms with Crippen molar-refractivity contribution in [2.75, 3.05) is 13.2 Å². The Balaban J connectivity index is 3.44. The van der Waals surface area contributed by atoms with E-state index >= 15 is 0 Å². The van der Waals surface area contributed by atoms with E-state index in [0.717, 1.165) is 64.2 Å². The fourth-order valence-electron chi connectivity index (χ4n) is 10.3. The van der Waals surface area contributed by atoms with Gasteiger partial charge in [0.15, 0.2) is 0 Å². The first-order chi connectivity index (χ1) is 35.5. The minimum Gasteiger partial charge on any atom is -0.466 e. The minimum absolute atomic E-state index is 0.0152. The van der Waals surface area contributed by atoms with Crippen molar-refractivity contribution in [3.8, 4) is 0 Å². The van der Waals surface area contributed by atoms with Gasteiger partial charge in [-0.1, -0.05) is 314 Å². The molecule has 0 fully saturated rings. The average molecular weight is 1010 g/mol. The van der Waals surface area contributed by atoms with Crippen LogP contribution < -0.4 is 5.32 Å². The number of hydrogen-bond donors (Lipinski definition) is 3. The van der Waals surface area contributed by atoms with Crippen molar-refractivity contribution in [1.29, 1.82) is 0 Å². The summed E-state index contributed by atoms with van der Waals surface area (Å²) in [5.74, 6) is -0.0620. The van der Waals surface area contributed by atoms with Crippen LogP contribution in [0.4, 0.5) is 0 Å². The molecular weight excluding hydrogens is 887 g/mol. The highest BCUT2D eigenvalue weighted by atomic mass is 16.5. The van der Waals surface area contributed by atoms with Gasteiger partial charge in [-0.3, -0.25) is 9.59 Å². The van der Waals surface area contributed by atoms with Gasteiger partial charge >= 0.3 is 5.97 Å². The predicted octanol–water partition coefficient (Wildman–Crippen LogP) is 20.6. The Hall–Kier alpha value is -1.66. The summed E-state index contributed by atoms with van der Waals surface area (Å²) < 4.78 is 5.48. The molecule has 6 heteroatoms. The van der Waals surface area contributed by atoms with Gasteiger partial charge in [0.1, 0.15) is 0 Å². The molecule has 0 aromatic heterocycles. The summed E-state index contributed by atoms with van der Waals surface area (Å²) in [4.78, 5) is 24.6. The molecule has 426 valence electrons. The first kappa shape index (κ1) is 70.3. The number of hydrogen-bond acceptors (Lipinski definition) is 5. The van der Waals surface area contributed by atoms with Gasteiger partial charge in [0.05, 0.1) is 25.4 Å². The summed E-state index contributed by atoms with van der Waals surface area (Å²) in [6.07, 6.45) is 76.2. The lowest BCUT2D eigenvalue weighted by atomic mass is 10.0. The summed E-state index contributed by atoms with van der Waals surface area (Å²) in [6.45, 7) is 4.93. The number of aliphatic hydroxyl groups is 2. The highest BCUT2D eigenvalue weighted by molar-refractivity contribution is 5.76. The zero-order chi connectivity index (χ0) is 52.2. The summed E-state index contributed by atoms with van der Waals surface area (Å²) in [5.41, 5.74) is 0. The van der Waals surface area contributed by atoms with E-state index in [2.05, 4.69) is 43.5 Å². The predicted molar refractivity (Wildman–Crippen MR) is 315 cm³/mol. The number of ether oxygens (including phenoxy) is 1. The SMILES string of the molecule is CCCCCC/C=C\C/C=C\CCCCCCCCCC(=O)OCCCCCCCCCCCCCCC(=O)NC(CO)C(O)CCCCCCCCCCCCCCCCCCCCCCCCCCC. The average Bonchev–Trinajstić information content (AvgIpc) is 3.38. The van der Waals surface area contributed by atoms with Crippen molar-refractivity contribution in [2.24, 2.45) is 0 Å². The van der Waals surface area contributed by atoms with Gasteiger partial charge in [-0.25, -0.2) is 0 Å². The molecule has 0 aromatic rings. The third kappa shape index (κ3) is 57.6. The fourth-order valence-corrected chi connectivity index (χ4v) is 10.3. The fraction of sp³-hybridized carbons (Fsp3) is 0.909. The Morgan fingerprint density at radius 3 is 1.07 bits per heavy atom. The first-order valence-corrected chi connectivity index (χ1v) is 32.6. The Bertz CT molecular complexity index is 1120. The van der Waals surface area contributed by atoms with Gasteiger partial charge in [0, 0.05) is 12.8 Å². The second-order valence-corrected chi connectivity index (χ2v) is 22.5. The molecule has 0 heterocycles. The number of unbranched alkanes of at least 4 members (excludes halogenated alkanes) is 46. The van der Waals surface area contributed by atoms with Crippen LogP contribution in [0.3, 0.4) is 0 Å². The van der Waals surface area contributed by atoms with Crippen LogP contribution in [-0.4, -0.2) is 47.4 Å². The lowest BCUT2D eigenvalue weighted by Gasteiger charge is -2.22. The molecule has 0 saturated carbocycles. The number of rotatable bonds is 61. The lowest BCUT2D eigenvalue weighted by Crippen LogP contribution is -2.45. The van der Waals surface area contributed by atoms with E-state index in [-0.39, 0.29) is 18.5 Å². The topological polar surface area (TPSA) is 95.9 Å². The number of nitrogens with one attached hydrogen (secondary N) is 1. The van der Waals surface area contributed by atoms with Crippen LogP contribution in [-0.2, 0) is 14.3 Å². The van der Waals surface area contributed by atoms with Crippen molar-refractivity contribution in [3.05, 3.63) is 24.3 Å².